The molecule has 656 valence electrons. The fourth-order valence-electron chi connectivity index (χ4n) is 19.1. The number of aryl methyl sites for hydroxylation is 2. The molecule has 0 radical (unpaired) electrons. The van der Waals surface area contributed by atoms with E-state index in [1.807, 2.05) is 55.5 Å². The highest BCUT2D eigenvalue weighted by molar-refractivity contribution is 5.92. The van der Waals surface area contributed by atoms with E-state index in [-0.39, 0.29) is 66.3 Å². The molecule has 5 aromatic carbocycles. The van der Waals surface area contributed by atoms with E-state index in [9.17, 15) is 19.6 Å². The Hall–Kier alpha value is -6.91. The van der Waals surface area contributed by atoms with Crippen LogP contribution in [0.3, 0.4) is 0 Å². The van der Waals surface area contributed by atoms with Gasteiger partial charge in [0.05, 0.1) is 49.2 Å². The van der Waals surface area contributed by atoms with Crippen molar-refractivity contribution in [3.63, 3.8) is 0 Å². The van der Waals surface area contributed by atoms with Crippen molar-refractivity contribution in [3.05, 3.63) is 154 Å². The molecule has 5 aromatic rings. The van der Waals surface area contributed by atoms with E-state index in [0.717, 1.165) is 122 Å². The van der Waals surface area contributed by atoms with Crippen LogP contribution in [0, 0.1) is 76.6 Å². The van der Waals surface area contributed by atoms with E-state index in [2.05, 4.69) is 103 Å². The molecule has 10 nitrogen and oxygen atoms in total. The Morgan fingerprint density at radius 2 is 0.821 bits per heavy atom. The van der Waals surface area contributed by atoms with Gasteiger partial charge in [-0.15, -0.1) is 0 Å². The van der Waals surface area contributed by atoms with Crippen molar-refractivity contribution >= 4 is 23.6 Å². The lowest BCUT2D eigenvalue weighted by molar-refractivity contribution is -0.141. The number of esters is 3. The Labute approximate surface area is 718 Å². The lowest BCUT2D eigenvalue weighted by atomic mass is 9.63. The topological polar surface area (TPSA) is 126 Å². The minimum absolute atomic E-state index is 0. The molecule has 0 bridgehead atoms. The van der Waals surface area contributed by atoms with Crippen molar-refractivity contribution in [1.82, 2.24) is 0 Å². The van der Waals surface area contributed by atoms with Crippen LogP contribution in [-0.2, 0) is 22.4 Å². The van der Waals surface area contributed by atoms with Gasteiger partial charge in [0.25, 0.3) is 0 Å². The van der Waals surface area contributed by atoms with Crippen molar-refractivity contribution in [2.75, 3.05) is 13.7 Å². The number of ether oxygens (including phenoxy) is 5. The largest absolute Gasteiger partial charge is 0.497 e. The molecule has 10 heteroatoms. The van der Waals surface area contributed by atoms with Gasteiger partial charge in [0, 0.05) is 0 Å². The lowest BCUT2D eigenvalue weighted by Crippen LogP contribution is -2.31. The summed E-state index contributed by atoms with van der Waals surface area (Å²) in [5, 5.41) is 9.61. The van der Waals surface area contributed by atoms with E-state index >= 15 is 0 Å². The molecular formula is C107H170N2O8. The van der Waals surface area contributed by atoms with Gasteiger partial charge < -0.3 is 23.7 Å². The lowest BCUT2D eigenvalue weighted by Gasteiger charge is -2.40. The number of benzene rings is 5. The van der Waals surface area contributed by atoms with Gasteiger partial charge >= 0.3 is 17.9 Å². The molecule has 0 N–H and O–H groups in total. The molecule has 6 saturated carbocycles. The van der Waals surface area contributed by atoms with Crippen molar-refractivity contribution in [2.45, 2.75) is 394 Å². The quantitative estimate of drug-likeness (QED) is 0.0179. The minimum atomic E-state index is -0.403. The van der Waals surface area contributed by atoms with E-state index in [1.54, 1.807) is 43.0 Å². The number of methoxy groups -OCH3 is 1. The Morgan fingerprint density at radius 3 is 1.24 bits per heavy atom. The highest BCUT2D eigenvalue weighted by Crippen LogP contribution is 2.49. The molecule has 0 heterocycles. The molecule has 0 spiro atoms. The maximum atomic E-state index is 12.6. The van der Waals surface area contributed by atoms with Gasteiger partial charge in [-0.1, -0.05) is 256 Å². The van der Waals surface area contributed by atoms with E-state index < -0.39 is 5.97 Å². The third-order valence-corrected chi connectivity index (χ3v) is 26.4. The average molecular weight is 1610 g/mol. The number of rotatable bonds is 32. The Kier molecular flexibility index (Phi) is 54.9. The van der Waals surface area contributed by atoms with Gasteiger partial charge in [-0.05, 0) is 317 Å². The standard InChI is InChI=1S/C27H33NO2.C20H35N.2C19H28O3.C17H26.5CH4/c1-4-6-8-21-11-18-26(25(19-21)28-3)30-27(29)24-16-14-23(15-17-24)22-12-9-20(7-5-2)10-13-22;1-3-5-13-20(16-21)14-11-19(12-15-20)18-9-7-17(6-4-2)8-10-18;1-3-4-5-6-15-7-9-16(10-8-15)19(20)22-18-13-11-17(21-2)12-14-18;1-3-5-6-15-7-9-16(10-8-15)19(20)22-18-13-11-17(12-14-18)21-4-2;1-3-5-15-8-12-17(13-9-15)16-10-6-14(4-2)7-11-16;;;;;/h11,14-20,22H,4-10,12-13H2,1-2H3;17-19H,3-15H2,1-2H3;2*11-16H,3-10H2,1-2H3;6-7,10-11,15,17H,3-5,8-9,12-13H2,1-2H3;5*1H4. The van der Waals surface area contributed by atoms with Crippen LogP contribution < -0.4 is 23.7 Å². The Bertz CT molecular complexity index is 3450. The molecule has 117 heavy (non-hydrogen) atoms. The predicted molar refractivity (Wildman–Crippen MR) is 498 cm³/mol. The Balaban J connectivity index is 0.000000496. The van der Waals surface area contributed by atoms with Crippen LogP contribution in [0.25, 0.3) is 4.85 Å². The number of carbonyl (C=O) groups is 3. The molecule has 0 saturated heterocycles. The SMILES string of the molecule is C.C.C.C.C.CCCC1CCC(c2ccc(CC)cc2)CC1.CCCCC1(C#N)CCC(C2CCC(CCC)CC2)CC1.CCCCC1CCC(C(=O)Oc2ccc(OCC)cc2)CC1.CCCCCC1CCC(C(=O)Oc2ccc(OC)cc2)CC1.[C-]#[N+]c1cc(CCCC)ccc1OC(=O)c1ccc(C2CCC(CCC)CC2)cc1. The number of hydrogen-bond donors (Lipinski definition) is 0. The van der Waals surface area contributed by atoms with Gasteiger partial charge in [-0.3, -0.25) is 9.59 Å². The summed E-state index contributed by atoms with van der Waals surface area (Å²) in [6, 6.07) is 39.9. The van der Waals surface area contributed by atoms with Crippen LogP contribution in [0.2, 0.25) is 0 Å². The summed E-state index contributed by atoms with van der Waals surface area (Å²) in [4.78, 5) is 40.7. The summed E-state index contributed by atoms with van der Waals surface area (Å²) in [5.41, 5.74) is 6.46. The summed E-state index contributed by atoms with van der Waals surface area (Å²) in [5.74, 6) is 10.7. The van der Waals surface area contributed by atoms with Gasteiger partial charge in [0.2, 0.25) is 5.69 Å². The second-order valence-electron chi connectivity index (χ2n) is 34.5. The van der Waals surface area contributed by atoms with Crippen molar-refractivity contribution in [3.8, 4) is 34.8 Å². The summed E-state index contributed by atoms with van der Waals surface area (Å²) in [6.45, 7) is 28.0. The van der Waals surface area contributed by atoms with Gasteiger partial charge in [-0.25, -0.2) is 9.64 Å². The normalized spacial score (nSPS) is 23.1. The van der Waals surface area contributed by atoms with Crippen LogP contribution in [-0.4, -0.2) is 31.6 Å². The molecule has 6 fully saturated rings. The maximum Gasteiger partial charge on any atom is 0.342 e. The summed E-state index contributed by atoms with van der Waals surface area (Å²) < 4.78 is 27.0. The number of nitriles is 1. The molecule has 0 amide bonds. The van der Waals surface area contributed by atoms with Crippen LogP contribution in [0.4, 0.5) is 5.69 Å². The third kappa shape index (κ3) is 37.3. The van der Waals surface area contributed by atoms with Crippen molar-refractivity contribution in [1.29, 1.82) is 5.26 Å². The van der Waals surface area contributed by atoms with E-state index in [4.69, 9.17) is 30.3 Å². The van der Waals surface area contributed by atoms with Crippen molar-refractivity contribution < 1.29 is 38.1 Å². The molecular weight excluding hydrogens is 1440 g/mol. The molecule has 6 aliphatic carbocycles. The molecule has 0 unspecified atom stereocenters. The summed E-state index contributed by atoms with van der Waals surface area (Å²) >= 11 is 0. The monoisotopic (exact) mass is 1610 g/mol. The highest BCUT2D eigenvalue weighted by Gasteiger charge is 2.39. The average Bonchev–Trinajstić information content (AvgIpc) is 0.790. The number of nitrogens with zero attached hydrogens (tertiary/aromatic N) is 2. The fraction of sp³-hybridized carbons (Fsp3) is 0.673. The third-order valence-electron chi connectivity index (χ3n) is 26.4. The molecule has 0 aliphatic heterocycles. The first-order chi connectivity index (χ1) is 54.6. The zero-order chi connectivity index (χ0) is 80.1. The Morgan fingerprint density at radius 1 is 0.419 bits per heavy atom. The molecule has 0 atom stereocenters. The zero-order valence-electron chi connectivity index (χ0n) is 71.8. The first-order valence-electron chi connectivity index (χ1n) is 45.8. The number of unbranched alkanes of at least 4 members (excludes halogenated alkanes) is 5. The van der Waals surface area contributed by atoms with Gasteiger partial charge in [-0.2, -0.15) is 5.26 Å². The van der Waals surface area contributed by atoms with Crippen LogP contribution in [0.5, 0.6) is 28.7 Å². The van der Waals surface area contributed by atoms with Crippen LogP contribution in [0.1, 0.15) is 414 Å². The summed E-state index contributed by atoms with van der Waals surface area (Å²) in [6.07, 6.45) is 55.7. The minimum Gasteiger partial charge on any atom is -0.497 e. The van der Waals surface area contributed by atoms with Crippen molar-refractivity contribution in [2.24, 2.45) is 58.7 Å². The van der Waals surface area contributed by atoms with Gasteiger partial charge in [0.1, 0.15) is 28.7 Å². The molecule has 0 aromatic heterocycles. The van der Waals surface area contributed by atoms with E-state index in [1.165, 1.54) is 236 Å². The number of hydrogen-bond acceptors (Lipinski definition) is 9. The fourth-order valence-corrected chi connectivity index (χ4v) is 19.1. The predicted octanol–water partition coefficient (Wildman–Crippen LogP) is 32.8. The second kappa shape index (κ2) is 60.5. The van der Waals surface area contributed by atoms with Crippen LogP contribution in [0.15, 0.2) is 115 Å². The second-order valence-corrected chi connectivity index (χ2v) is 34.5. The first-order valence-corrected chi connectivity index (χ1v) is 45.8. The van der Waals surface area contributed by atoms with Crippen LogP contribution >= 0.6 is 0 Å². The molecule has 11 rings (SSSR count). The first kappa shape index (κ1) is 106. The maximum absolute atomic E-state index is 12.6. The zero-order valence-corrected chi connectivity index (χ0v) is 71.8. The molecule has 6 aliphatic rings. The van der Waals surface area contributed by atoms with E-state index in [0.29, 0.717) is 41.0 Å². The highest BCUT2D eigenvalue weighted by atomic mass is 16.5. The smallest absolute Gasteiger partial charge is 0.342 e. The van der Waals surface area contributed by atoms with Gasteiger partial charge in [0.15, 0.2) is 0 Å². The summed E-state index contributed by atoms with van der Waals surface area (Å²) in [7, 11) is 1.62. The number of carbonyl (C=O) groups excluding carboxylic acids is 3.